The number of nitrogens with one attached hydrogen (secondary N) is 2. The fraction of sp³-hybridized carbons (Fsp3) is 0.222. The SMILES string of the molecule is CCNC(=NCc1cc(C#N)ccc1F)NCc1ccccc1Cl.I. The van der Waals surface area contributed by atoms with Gasteiger partial charge in [0.1, 0.15) is 5.82 Å². The van der Waals surface area contributed by atoms with E-state index in [-0.39, 0.29) is 36.3 Å². The van der Waals surface area contributed by atoms with Gasteiger partial charge in [-0.15, -0.1) is 24.0 Å². The van der Waals surface area contributed by atoms with E-state index >= 15 is 0 Å². The molecule has 2 rings (SSSR count). The molecule has 0 aromatic heterocycles. The van der Waals surface area contributed by atoms with Crippen LogP contribution in [0.4, 0.5) is 4.39 Å². The molecule has 0 unspecified atom stereocenters. The van der Waals surface area contributed by atoms with Crippen molar-refractivity contribution in [3.63, 3.8) is 0 Å². The third-order valence-corrected chi connectivity index (χ3v) is 3.70. The minimum absolute atomic E-state index is 0. The third kappa shape index (κ3) is 6.52. The molecule has 2 N–H and O–H groups in total. The summed E-state index contributed by atoms with van der Waals surface area (Å²) < 4.78 is 13.8. The van der Waals surface area contributed by atoms with E-state index in [0.717, 1.165) is 5.56 Å². The number of nitrogens with zero attached hydrogens (tertiary/aromatic N) is 2. The van der Waals surface area contributed by atoms with E-state index < -0.39 is 0 Å². The first kappa shape index (κ1) is 21.2. The molecule has 0 saturated heterocycles. The van der Waals surface area contributed by atoms with Crippen LogP contribution in [0.5, 0.6) is 0 Å². The second kappa shape index (κ2) is 10.9. The summed E-state index contributed by atoms with van der Waals surface area (Å²) in [5.41, 5.74) is 1.74. The van der Waals surface area contributed by atoms with Crippen LogP contribution in [-0.4, -0.2) is 12.5 Å². The van der Waals surface area contributed by atoms with Crippen LogP contribution >= 0.6 is 35.6 Å². The lowest BCUT2D eigenvalue weighted by atomic mass is 10.1. The van der Waals surface area contributed by atoms with Crippen LogP contribution in [-0.2, 0) is 13.1 Å². The predicted octanol–water partition coefficient (Wildman–Crippen LogP) is 4.22. The first-order valence-electron chi connectivity index (χ1n) is 7.58. The van der Waals surface area contributed by atoms with Crippen molar-refractivity contribution in [2.45, 2.75) is 20.0 Å². The number of aliphatic imine (C=N–C) groups is 1. The summed E-state index contributed by atoms with van der Waals surface area (Å²) in [4.78, 5) is 4.37. The van der Waals surface area contributed by atoms with E-state index in [0.29, 0.717) is 35.2 Å². The van der Waals surface area contributed by atoms with Crippen molar-refractivity contribution < 1.29 is 4.39 Å². The molecule has 0 saturated carbocycles. The number of rotatable bonds is 5. The average Bonchev–Trinajstić information content (AvgIpc) is 2.60. The summed E-state index contributed by atoms with van der Waals surface area (Å²) in [7, 11) is 0. The molecule has 4 nitrogen and oxygen atoms in total. The van der Waals surface area contributed by atoms with Crippen molar-refractivity contribution in [3.8, 4) is 6.07 Å². The van der Waals surface area contributed by atoms with Gasteiger partial charge in [0, 0.05) is 23.7 Å². The molecule has 0 bridgehead atoms. The van der Waals surface area contributed by atoms with Gasteiger partial charge >= 0.3 is 0 Å². The summed E-state index contributed by atoms with van der Waals surface area (Å²) in [6, 6.07) is 13.8. The molecular weight excluding hydrogens is 454 g/mol. The molecule has 0 atom stereocenters. The highest BCUT2D eigenvalue weighted by Crippen LogP contribution is 2.14. The van der Waals surface area contributed by atoms with Crippen LogP contribution in [0.2, 0.25) is 5.02 Å². The van der Waals surface area contributed by atoms with Crippen molar-refractivity contribution in [1.29, 1.82) is 5.26 Å². The predicted molar refractivity (Wildman–Crippen MR) is 110 cm³/mol. The summed E-state index contributed by atoms with van der Waals surface area (Å²) in [6.45, 7) is 3.27. The monoisotopic (exact) mass is 472 g/mol. The Morgan fingerprint density at radius 2 is 1.96 bits per heavy atom. The zero-order valence-corrected chi connectivity index (χ0v) is 16.8. The van der Waals surface area contributed by atoms with Crippen LogP contribution < -0.4 is 10.6 Å². The molecule has 0 fully saturated rings. The Kier molecular flexibility index (Phi) is 9.24. The highest BCUT2D eigenvalue weighted by Gasteiger charge is 2.05. The van der Waals surface area contributed by atoms with Crippen molar-refractivity contribution in [2.24, 2.45) is 4.99 Å². The Bertz CT molecular complexity index is 774. The summed E-state index contributed by atoms with van der Waals surface area (Å²) >= 11 is 6.13. The van der Waals surface area contributed by atoms with Crippen LogP contribution in [0.25, 0.3) is 0 Å². The molecule has 0 spiro atoms. The molecule has 0 amide bonds. The van der Waals surface area contributed by atoms with E-state index in [4.69, 9.17) is 16.9 Å². The molecule has 0 radical (unpaired) electrons. The smallest absolute Gasteiger partial charge is 0.191 e. The van der Waals surface area contributed by atoms with Gasteiger partial charge < -0.3 is 10.6 Å². The topological polar surface area (TPSA) is 60.2 Å². The Morgan fingerprint density at radius 1 is 1.20 bits per heavy atom. The molecule has 0 aliphatic carbocycles. The van der Waals surface area contributed by atoms with Crippen molar-refractivity contribution in [2.75, 3.05) is 6.54 Å². The van der Waals surface area contributed by atoms with E-state index in [9.17, 15) is 4.39 Å². The molecule has 0 aliphatic heterocycles. The lowest BCUT2D eigenvalue weighted by molar-refractivity contribution is 0.610. The maximum Gasteiger partial charge on any atom is 0.191 e. The Hall–Kier alpha value is -1.85. The van der Waals surface area contributed by atoms with E-state index in [1.807, 2.05) is 37.3 Å². The summed E-state index contributed by atoms with van der Waals surface area (Å²) in [5.74, 6) is 0.180. The normalized spacial score (nSPS) is 10.6. The van der Waals surface area contributed by atoms with Crippen LogP contribution in [0.3, 0.4) is 0 Å². The van der Waals surface area contributed by atoms with Crippen LogP contribution in [0.15, 0.2) is 47.5 Å². The molecule has 0 heterocycles. The molecule has 2 aromatic rings. The van der Waals surface area contributed by atoms with Crippen molar-refractivity contribution >= 4 is 41.5 Å². The van der Waals surface area contributed by atoms with Gasteiger partial charge in [0.05, 0.1) is 18.2 Å². The van der Waals surface area contributed by atoms with Crippen LogP contribution in [0.1, 0.15) is 23.6 Å². The van der Waals surface area contributed by atoms with Crippen molar-refractivity contribution in [3.05, 3.63) is 70.0 Å². The van der Waals surface area contributed by atoms with E-state index in [1.54, 1.807) is 0 Å². The first-order chi connectivity index (χ1) is 11.6. The summed E-state index contributed by atoms with van der Waals surface area (Å²) in [5, 5.41) is 15.8. The number of nitriles is 1. The Balaban J connectivity index is 0.00000312. The standard InChI is InChI=1S/C18H18ClFN4.HI/c1-2-22-18(23-11-14-5-3-4-6-16(14)19)24-12-15-9-13(10-21)7-8-17(15)20;/h3-9H,2,11-12H2,1H3,(H2,22,23,24);1H. The minimum atomic E-state index is -0.375. The first-order valence-corrected chi connectivity index (χ1v) is 7.96. The molecule has 0 aliphatic rings. The van der Waals surface area contributed by atoms with Gasteiger partial charge in [0.25, 0.3) is 0 Å². The van der Waals surface area contributed by atoms with Gasteiger partial charge in [0.2, 0.25) is 0 Å². The van der Waals surface area contributed by atoms with Crippen molar-refractivity contribution in [1.82, 2.24) is 10.6 Å². The number of guanidine groups is 1. The van der Waals surface area contributed by atoms with Gasteiger partial charge in [-0.1, -0.05) is 29.8 Å². The molecule has 132 valence electrons. The maximum atomic E-state index is 13.8. The number of benzene rings is 2. The lowest BCUT2D eigenvalue weighted by Gasteiger charge is -2.12. The third-order valence-electron chi connectivity index (χ3n) is 3.33. The van der Waals surface area contributed by atoms with E-state index in [2.05, 4.69) is 15.6 Å². The Morgan fingerprint density at radius 3 is 2.64 bits per heavy atom. The zero-order valence-electron chi connectivity index (χ0n) is 13.7. The molecule has 2 aromatic carbocycles. The highest BCUT2D eigenvalue weighted by molar-refractivity contribution is 14.0. The molecule has 25 heavy (non-hydrogen) atoms. The van der Waals surface area contributed by atoms with E-state index in [1.165, 1.54) is 18.2 Å². The number of hydrogen-bond acceptors (Lipinski definition) is 2. The second-order valence-corrected chi connectivity index (χ2v) is 5.47. The maximum absolute atomic E-state index is 13.8. The zero-order chi connectivity index (χ0) is 17.4. The van der Waals surface area contributed by atoms with Crippen LogP contribution in [0, 0.1) is 17.1 Å². The average molecular weight is 473 g/mol. The molecule has 7 heteroatoms. The lowest BCUT2D eigenvalue weighted by Crippen LogP contribution is -2.36. The molecular formula is C18H19ClFIN4. The fourth-order valence-corrected chi connectivity index (χ4v) is 2.29. The second-order valence-electron chi connectivity index (χ2n) is 5.06. The fourth-order valence-electron chi connectivity index (χ4n) is 2.09. The van der Waals surface area contributed by atoms with Gasteiger partial charge in [-0.2, -0.15) is 5.26 Å². The summed E-state index contributed by atoms with van der Waals surface area (Å²) in [6.07, 6.45) is 0. The highest BCUT2D eigenvalue weighted by atomic mass is 127. The minimum Gasteiger partial charge on any atom is -0.357 e. The van der Waals surface area contributed by atoms with Gasteiger partial charge in [-0.3, -0.25) is 0 Å². The number of hydrogen-bond donors (Lipinski definition) is 2. The Labute approximate surface area is 169 Å². The quantitative estimate of drug-likeness (QED) is 0.389. The largest absolute Gasteiger partial charge is 0.357 e. The van der Waals surface area contributed by atoms with Gasteiger partial charge in [-0.25, -0.2) is 9.38 Å². The van der Waals surface area contributed by atoms with Gasteiger partial charge in [-0.05, 0) is 36.8 Å². The number of halogens is 3. The van der Waals surface area contributed by atoms with Gasteiger partial charge in [0.15, 0.2) is 5.96 Å².